The van der Waals surface area contributed by atoms with Crippen molar-refractivity contribution in [1.29, 1.82) is 0 Å². The van der Waals surface area contributed by atoms with Crippen molar-refractivity contribution in [2.45, 2.75) is 43.0 Å². The van der Waals surface area contributed by atoms with Crippen LogP contribution in [0.1, 0.15) is 32.1 Å². The highest BCUT2D eigenvalue weighted by Crippen LogP contribution is 2.34. The molecule has 0 radical (unpaired) electrons. The highest BCUT2D eigenvalue weighted by molar-refractivity contribution is 7.89. The molecule has 154 valence electrons. The summed E-state index contributed by atoms with van der Waals surface area (Å²) in [5, 5.41) is 16.1. The highest BCUT2D eigenvalue weighted by Gasteiger charge is 2.35. The number of hydrogen-bond acceptors (Lipinski definition) is 5. The maximum absolute atomic E-state index is 13.7. The SMILES string of the molecule is O=S(=O)(c1cn(-c2ccccc2)nc1-c1cccs1)N(CCO)C1CCCCC1. The Kier molecular flexibility index (Phi) is 6.15. The summed E-state index contributed by atoms with van der Waals surface area (Å²) >= 11 is 1.47. The molecule has 1 aromatic carbocycles. The number of aromatic nitrogens is 2. The van der Waals surface area contributed by atoms with E-state index >= 15 is 0 Å². The van der Waals surface area contributed by atoms with Crippen LogP contribution >= 0.6 is 11.3 Å². The first-order valence-corrected chi connectivity index (χ1v) is 12.2. The molecule has 0 amide bonds. The van der Waals surface area contributed by atoms with Gasteiger partial charge in [-0.1, -0.05) is 43.5 Å². The molecule has 29 heavy (non-hydrogen) atoms. The van der Waals surface area contributed by atoms with Gasteiger partial charge in [0.05, 0.1) is 23.4 Å². The summed E-state index contributed by atoms with van der Waals surface area (Å²) in [4.78, 5) is 1.01. The van der Waals surface area contributed by atoms with Crippen LogP contribution in [-0.2, 0) is 10.0 Å². The molecule has 0 bridgehead atoms. The minimum absolute atomic E-state index is 0.0721. The zero-order chi connectivity index (χ0) is 20.3. The maximum atomic E-state index is 13.7. The number of nitrogens with zero attached hydrogens (tertiary/aromatic N) is 3. The van der Waals surface area contributed by atoms with E-state index in [9.17, 15) is 13.5 Å². The average molecular weight is 432 g/mol. The maximum Gasteiger partial charge on any atom is 0.247 e. The number of para-hydroxylation sites is 1. The molecule has 2 aromatic heterocycles. The summed E-state index contributed by atoms with van der Waals surface area (Å²) in [6.45, 7) is -0.0930. The Labute approximate surface area is 175 Å². The van der Waals surface area contributed by atoms with Gasteiger partial charge in [0.2, 0.25) is 10.0 Å². The zero-order valence-electron chi connectivity index (χ0n) is 16.1. The molecule has 8 heteroatoms. The summed E-state index contributed by atoms with van der Waals surface area (Å²) in [6.07, 6.45) is 6.44. The fourth-order valence-electron chi connectivity index (χ4n) is 3.94. The summed E-state index contributed by atoms with van der Waals surface area (Å²) in [5.41, 5.74) is 1.26. The first-order valence-electron chi connectivity index (χ1n) is 9.93. The van der Waals surface area contributed by atoms with Gasteiger partial charge < -0.3 is 5.11 Å². The van der Waals surface area contributed by atoms with Gasteiger partial charge in [-0.15, -0.1) is 11.3 Å². The van der Waals surface area contributed by atoms with Crippen LogP contribution in [0, 0.1) is 0 Å². The van der Waals surface area contributed by atoms with E-state index in [1.165, 1.54) is 15.6 Å². The molecule has 3 aromatic rings. The Hall–Kier alpha value is -2.00. The predicted molar refractivity (Wildman–Crippen MR) is 115 cm³/mol. The third-order valence-corrected chi connectivity index (χ3v) is 8.17. The van der Waals surface area contributed by atoms with Gasteiger partial charge in [0.1, 0.15) is 10.6 Å². The minimum Gasteiger partial charge on any atom is -0.395 e. The van der Waals surface area contributed by atoms with E-state index in [4.69, 9.17) is 0 Å². The first kappa shape index (κ1) is 20.3. The van der Waals surface area contributed by atoms with E-state index in [-0.39, 0.29) is 24.1 Å². The van der Waals surface area contributed by atoms with E-state index < -0.39 is 10.0 Å². The molecule has 0 unspecified atom stereocenters. The van der Waals surface area contributed by atoms with Crippen molar-refractivity contribution in [2.75, 3.05) is 13.2 Å². The molecule has 1 saturated carbocycles. The Morgan fingerprint density at radius 3 is 2.52 bits per heavy atom. The number of aliphatic hydroxyl groups is 1. The number of benzene rings is 1. The molecule has 0 saturated heterocycles. The molecule has 0 atom stereocenters. The smallest absolute Gasteiger partial charge is 0.247 e. The van der Waals surface area contributed by atoms with Crippen LogP contribution < -0.4 is 0 Å². The molecular weight excluding hydrogens is 406 g/mol. The summed E-state index contributed by atoms with van der Waals surface area (Å²) < 4.78 is 30.6. The van der Waals surface area contributed by atoms with Crippen molar-refractivity contribution in [3.05, 3.63) is 54.0 Å². The molecule has 2 heterocycles. The standard InChI is InChI=1S/C21H25N3O3S2/c25-14-13-24(18-10-5-2-6-11-18)29(26,27)20-16-23(17-8-3-1-4-9-17)22-21(20)19-12-7-15-28-19/h1,3-4,7-9,12,15-16,18,25H,2,5-6,10-11,13-14H2. The summed E-state index contributed by atoms with van der Waals surface area (Å²) in [5.74, 6) is 0. The molecule has 1 aliphatic rings. The average Bonchev–Trinajstić information content (AvgIpc) is 3.43. The van der Waals surface area contributed by atoms with Crippen LogP contribution in [0.2, 0.25) is 0 Å². The normalized spacial score (nSPS) is 15.8. The minimum atomic E-state index is -3.81. The third kappa shape index (κ3) is 4.16. The van der Waals surface area contributed by atoms with Crippen molar-refractivity contribution >= 4 is 21.4 Å². The number of rotatable bonds is 7. The fourth-order valence-corrected chi connectivity index (χ4v) is 6.53. The Balaban J connectivity index is 1.81. The molecule has 4 rings (SSSR count). The van der Waals surface area contributed by atoms with Gasteiger partial charge in [-0.25, -0.2) is 13.1 Å². The lowest BCUT2D eigenvalue weighted by atomic mass is 9.95. The Morgan fingerprint density at radius 2 is 1.86 bits per heavy atom. The quantitative estimate of drug-likeness (QED) is 0.615. The van der Waals surface area contributed by atoms with Crippen LogP contribution in [-0.4, -0.2) is 46.8 Å². The summed E-state index contributed by atoms with van der Waals surface area (Å²) in [6, 6.07) is 13.2. The van der Waals surface area contributed by atoms with Gasteiger partial charge in [0.25, 0.3) is 0 Å². The molecule has 6 nitrogen and oxygen atoms in total. The lowest BCUT2D eigenvalue weighted by Gasteiger charge is -2.32. The molecule has 0 spiro atoms. The van der Waals surface area contributed by atoms with Crippen molar-refractivity contribution < 1.29 is 13.5 Å². The largest absolute Gasteiger partial charge is 0.395 e. The van der Waals surface area contributed by atoms with Crippen LogP contribution in [0.15, 0.2) is 58.9 Å². The zero-order valence-corrected chi connectivity index (χ0v) is 17.8. The number of hydrogen-bond donors (Lipinski definition) is 1. The van der Waals surface area contributed by atoms with Crippen molar-refractivity contribution in [1.82, 2.24) is 14.1 Å². The van der Waals surface area contributed by atoms with Gasteiger partial charge in [0.15, 0.2) is 0 Å². The van der Waals surface area contributed by atoms with Crippen molar-refractivity contribution in [2.24, 2.45) is 0 Å². The van der Waals surface area contributed by atoms with E-state index in [1.807, 2.05) is 47.8 Å². The second-order valence-electron chi connectivity index (χ2n) is 7.23. The molecule has 1 N–H and O–H groups in total. The number of aliphatic hydroxyl groups excluding tert-OH is 1. The second kappa shape index (κ2) is 8.79. The predicted octanol–water partition coefficient (Wildman–Crippen LogP) is 3.92. The van der Waals surface area contributed by atoms with Crippen LogP contribution in [0.4, 0.5) is 0 Å². The summed E-state index contributed by atoms with van der Waals surface area (Å²) in [7, 11) is -3.81. The number of thiophene rings is 1. The topological polar surface area (TPSA) is 75.4 Å². The Morgan fingerprint density at radius 1 is 1.10 bits per heavy atom. The van der Waals surface area contributed by atoms with Crippen molar-refractivity contribution in [3.8, 4) is 16.3 Å². The van der Waals surface area contributed by atoms with Gasteiger partial charge >= 0.3 is 0 Å². The molecular formula is C21H25N3O3S2. The van der Waals surface area contributed by atoms with Gasteiger partial charge in [0, 0.05) is 12.6 Å². The first-order chi connectivity index (χ1) is 14.1. The van der Waals surface area contributed by atoms with Crippen LogP contribution in [0.25, 0.3) is 16.3 Å². The van der Waals surface area contributed by atoms with E-state index in [2.05, 4.69) is 5.10 Å². The van der Waals surface area contributed by atoms with E-state index in [1.54, 1.807) is 10.9 Å². The Bertz CT molecular complexity index is 1020. The van der Waals surface area contributed by atoms with Gasteiger partial charge in [-0.3, -0.25) is 0 Å². The molecule has 1 fully saturated rings. The van der Waals surface area contributed by atoms with Crippen LogP contribution in [0.3, 0.4) is 0 Å². The second-order valence-corrected chi connectivity index (χ2v) is 10.0. The van der Waals surface area contributed by atoms with Crippen LogP contribution in [0.5, 0.6) is 0 Å². The monoisotopic (exact) mass is 431 g/mol. The number of sulfonamides is 1. The lowest BCUT2D eigenvalue weighted by molar-refractivity contribution is 0.199. The molecule has 0 aliphatic heterocycles. The van der Waals surface area contributed by atoms with E-state index in [0.717, 1.165) is 42.7 Å². The van der Waals surface area contributed by atoms with Gasteiger partial charge in [-0.05, 0) is 36.4 Å². The van der Waals surface area contributed by atoms with E-state index in [0.29, 0.717) is 5.69 Å². The lowest BCUT2D eigenvalue weighted by Crippen LogP contribution is -2.43. The van der Waals surface area contributed by atoms with Gasteiger partial charge in [-0.2, -0.15) is 9.40 Å². The van der Waals surface area contributed by atoms with Crippen molar-refractivity contribution in [3.63, 3.8) is 0 Å². The highest BCUT2D eigenvalue weighted by atomic mass is 32.2. The third-order valence-electron chi connectivity index (χ3n) is 5.34. The fraction of sp³-hybridized carbons (Fsp3) is 0.381. The molecule has 1 aliphatic carbocycles.